The average Bonchev–Trinajstić information content (AvgIpc) is 0.775. The van der Waals surface area contributed by atoms with Gasteiger partial charge in [-0.1, -0.05) is 63.2 Å². The van der Waals surface area contributed by atoms with Crippen molar-refractivity contribution in [3.05, 3.63) is 71.3 Å². The van der Waals surface area contributed by atoms with Crippen molar-refractivity contribution in [1.29, 1.82) is 0 Å². The lowest BCUT2D eigenvalue weighted by Crippen LogP contribution is -2.60. The van der Waals surface area contributed by atoms with Crippen LogP contribution in [0.25, 0.3) is 0 Å². The smallest absolute Gasteiger partial charge is 0.343 e. The average molecular weight is 3940 g/mol. The van der Waals surface area contributed by atoms with Gasteiger partial charge in [0.1, 0.15) is 0 Å². The van der Waals surface area contributed by atoms with E-state index in [1.807, 2.05) is 839 Å². The first-order valence-electron chi connectivity index (χ1n) is 31.4. The van der Waals surface area contributed by atoms with E-state index in [1.165, 1.54) is 17.8 Å². The number of piperidine rings is 1. The third-order valence-corrected chi connectivity index (χ3v) is 240. The van der Waals surface area contributed by atoms with Crippen molar-refractivity contribution in [2.45, 2.75) is 65.2 Å². The van der Waals surface area contributed by atoms with Gasteiger partial charge in [-0.15, -0.1) is 0 Å². The number of amides is 2. The van der Waals surface area contributed by atoms with Gasteiger partial charge in [-0.25, -0.2) is 0 Å². The fourth-order valence-corrected chi connectivity index (χ4v) is 287. The van der Waals surface area contributed by atoms with Gasteiger partial charge >= 0.3 is 6.18 Å². The van der Waals surface area contributed by atoms with E-state index in [1.54, 1.807) is 126 Å². The molecule has 0 saturated carbocycles. The maximum atomic E-state index is 13.6. The number of hydrogen-bond acceptors (Lipinski definition) is 5. The Bertz CT molecular complexity index is 9980. The van der Waals surface area contributed by atoms with Gasteiger partial charge in [-0.3, -0.25) is 14.5 Å². The second-order valence-electron chi connectivity index (χ2n) is 19.1. The summed E-state index contributed by atoms with van der Waals surface area (Å²) in [7, 11) is 188. The standard InChI is InChI=1S/C31H40F3N3O2.S106/c1-22(38)35-16-14-23(15-17-35)20-28(39)37-19-18-36(21-27(37)30(2,3)4)29(24-8-6-5-7-9-24)25-10-12-26(13-11-25)31(32,33)34;1-3-5-7-9-11-13-15-17-19-21-23-25-27-29-31-33-35-37-39-41-43-45-47-49-51-53-55-57-59-61-63-65-67-69-71-73-75-77-79-81-83-85-87-89-91-93-95-97-99-101-103-105-106-104-102-100-98-96-94-92-90-88-86-84-82-80-78-76-74-72-70-68-66-64-62-60-58-56-54-52-50-48-46-44-42-40-38-36-34-32-30-28-26-24-22-20-18-16-14-12-10-8-6-4-2/h5-13,23,27,29H,14-21H2,1-4H3;/t27-,29?;/m1./s1. The Morgan fingerprint density at radius 2 is 0.448 bits per heavy atom. The van der Waals surface area contributed by atoms with Crippen LogP contribution in [0.15, 0.2) is 54.6 Å². The van der Waals surface area contributed by atoms with Gasteiger partial charge in [-0.05, 0) is 47.4 Å². The van der Waals surface area contributed by atoms with Gasteiger partial charge in [0.25, 0.3) is 0 Å². The molecule has 2 aliphatic heterocycles. The molecule has 0 aliphatic carbocycles. The highest BCUT2D eigenvalue weighted by atomic mass is 33.6. The molecule has 2 amide bonds. The number of piperazine rings is 1. The van der Waals surface area contributed by atoms with Crippen molar-refractivity contribution in [3.8, 4) is 0 Å². The minimum Gasteiger partial charge on any atom is -0.343 e. The van der Waals surface area contributed by atoms with Gasteiger partial charge in [0.15, 0.2) is 0 Å². The molecule has 0 bridgehead atoms. The van der Waals surface area contributed by atoms with E-state index in [0.717, 1.165) is 36.1 Å². The molecule has 4 rings (SSSR count). The molecule has 114 heteroatoms. The van der Waals surface area contributed by atoms with Crippen LogP contribution in [0, 0.1) is 11.3 Å². The Balaban J connectivity index is 0.00000114. The fourth-order valence-electron chi connectivity index (χ4n) is 7.16. The van der Waals surface area contributed by atoms with Gasteiger partial charge in [-0.2, -0.15) is 13.2 Å². The minimum atomic E-state index is -4.38. The van der Waals surface area contributed by atoms with E-state index >= 15 is 0 Å². The Morgan fingerprint density at radius 3 is 0.614 bits per heavy atom. The lowest BCUT2D eigenvalue weighted by atomic mass is 9.82. The van der Waals surface area contributed by atoms with Gasteiger partial charge in [0.2, 0.25) is 11.8 Å². The zero-order chi connectivity index (χ0) is 104. The molecule has 0 N–H and O–H groups in total. The molecule has 0 spiro atoms. The van der Waals surface area contributed by atoms with Crippen LogP contribution >= 0.6 is 0 Å². The molecule has 2 atom stereocenters. The van der Waals surface area contributed by atoms with Crippen LogP contribution in [0.4, 0.5) is 13.2 Å². The summed E-state index contributed by atoms with van der Waals surface area (Å²) >= 11 is 9.66. The molecule has 1 unspecified atom stereocenters. The van der Waals surface area contributed by atoms with Crippen LogP contribution in [0.2, 0.25) is 0 Å². The molecule has 145 heavy (non-hydrogen) atoms. The number of halogens is 3. The molecule has 2 fully saturated rings. The zero-order valence-electron chi connectivity index (χ0n) is 66.7. The van der Waals surface area contributed by atoms with Crippen molar-refractivity contribution in [2.75, 3.05) is 32.7 Å². The molecule has 5 nitrogen and oxygen atoms in total. The Hall–Kier alpha value is 20.4. The summed E-state index contributed by atoms with van der Waals surface area (Å²) in [4.78, 5) is 31.5. The SMILES string of the molecule is CC(=O)N1CCC(CC(=O)N2CCN(C(c3ccccc3)c3ccc(C(F)(F)F)cc3)C[C@@H]2C(C)(C)C)CC1.S=S=S=S=S=S=S=S=S=S=S=S=S=S=S=S=S=S=S=S=S=S=S=S=S=S=S=S=S=S=S=S=S=S=S=S=S=S=S=S=S=S=S=S=S=S=S=S=S=S=S=S=S=S=S=S=S=S=S=S=S=S=S=S=S=S=S=S=S=S=S=S=S=S=S=S=S=S=S=S=S=S=S=S=S=S=S=S=S=S=S=S=S=S=S=S=S=S=S=S=S=S=S=S=S=S. The first-order valence-corrected chi connectivity index (χ1v) is 171. The van der Waals surface area contributed by atoms with Crippen molar-refractivity contribution in [2.24, 2.45) is 11.3 Å². The highest BCUT2D eigenvalue weighted by Crippen LogP contribution is 2.37. The number of nitrogens with zero attached hydrogens (tertiary/aromatic N) is 3. The summed E-state index contributed by atoms with van der Waals surface area (Å²) in [5.41, 5.74) is 0.976. The van der Waals surface area contributed by atoms with Crippen LogP contribution in [0.3, 0.4) is 0 Å². The first-order chi connectivity index (χ1) is 71.3. The quantitative estimate of drug-likeness (QED) is 0.383. The summed E-state index contributed by atoms with van der Waals surface area (Å²) in [5.74, 6) is 0.516. The molecule has 2 heterocycles. The molecule has 0 aromatic heterocycles. The molecule has 848 valence electrons. The number of hydrogen-bond donors (Lipinski definition) is 0. The second-order valence-corrected chi connectivity index (χ2v) is 203. The number of alkyl halides is 3. The summed E-state index contributed by atoms with van der Waals surface area (Å²) < 4.78 is 39.8. The summed E-state index contributed by atoms with van der Waals surface area (Å²) in [6.07, 6.45) is -2.21. The third-order valence-electron chi connectivity index (χ3n) is 11.2. The van der Waals surface area contributed by atoms with Crippen LogP contribution in [0.1, 0.15) is 69.7 Å². The lowest BCUT2D eigenvalue weighted by molar-refractivity contribution is -0.141. The van der Waals surface area contributed by atoms with Crippen LogP contribution in [-0.4, -0.2) is 65.3 Å². The normalized spacial score (nSPS) is 11.3. The van der Waals surface area contributed by atoms with Crippen molar-refractivity contribution in [3.63, 3.8) is 0 Å². The van der Waals surface area contributed by atoms with E-state index in [2.05, 4.69) is 25.7 Å². The molecule has 2 aliphatic rings. The summed E-state index contributed by atoms with van der Waals surface area (Å²) in [6.45, 7) is 11.2. The predicted octanol–water partition coefficient (Wildman–Crippen LogP) is 5.75. The lowest BCUT2D eigenvalue weighted by Gasteiger charge is -2.50. The molecule has 2 aromatic rings. The maximum absolute atomic E-state index is 13.6. The fraction of sp³-hybridized carbons (Fsp3) is 0.548. The number of carbonyl (C=O) groups excluding carboxylic acids is 2. The highest BCUT2D eigenvalue weighted by molar-refractivity contribution is 8.88. The van der Waals surface area contributed by atoms with Gasteiger partial charge in [0.05, 0.1) is 11.6 Å². The van der Waals surface area contributed by atoms with Gasteiger partial charge < -0.3 is 9.80 Å². The Kier molecular flexibility index (Phi) is 139. The number of likely N-dealkylation sites (tertiary alicyclic amines) is 1. The summed E-state index contributed by atoms with van der Waals surface area (Å²) in [6, 6.07) is 15.1. The Labute approximate surface area is 1140 Å². The van der Waals surface area contributed by atoms with Crippen LogP contribution < -0.4 is 0 Å². The van der Waals surface area contributed by atoms with Crippen molar-refractivity contribution in [1.82, 2.24) is 14.7 Å². The number of carbonyl (C=O) groups is 2. The van der Waals surface area contributed by atoms with Gasteiger partial charge in [0, 0.05) is 998 Å². The molecule has 2 aromatic carbocycles. The predicted molar refractivity (Wildman–Crippen MR) is 927 cm³/mol. The second kappa shape index (κ2) is 126. The monoisotopic (exact) mass is 3930 g/mol. The zero-order valence-corrected chi connectivity index (χ0v) is 153. The molecule has 0 radical (unpaired) electrons. The molecule has 2 saturated heterocycles. The highest BCUT2D eigenvalue weighted by Gasteiger charge is 2.41. The van der Waals surface area contributed by atoms with E-state index in [0.29, 0.717) is 39.1 Å². The largest absolute Gasteiger partial charge is 0.416 e. The molecular weight excluding hydrogens is 3900 g/mol. The number of rotatable bonds is 5. The molecular formula is C31H40F3N3O2S106. The van der Waals surface area contributed by atoms with Crippen LogP contribution in [-0.2, 0) is 962 Å². The van der Waals surface area contributed by atoms with E-state index in [4.69, 9.17) is 22.4 Å². The summed E-state index contributed by atoms with van der Waals surface area (Å²) in [5, 5.41) is 0. The maximum Gasteiger partial charge on any atom is 0.416 e. The minimum absolute atomic E-state index is 0.0447. The third kappa shape index (κ3) is 108. The Morgan fingerprint density at radius 1 is 0.269 bits per heavy atom. The van der Waals surface area contributed by atoms with E-state index < -0.39 is 11.7 Å². The topological polar surface area (TPSA) is 43.9 Å². The van der Waals surface area contributed by atoms with E-state index in [9.17, 15) is 22.8 Å². The van der Waals surface area contributed by atoms with Crippen molar-refractivity contribution >= 4 is 958 Å². The van der Waals surface area contributed by atoms with E-state index in [-0.39, 0.29) is 35.2 Å². The van der Waals surface area contributed by atoms with Crippen molar-refractivity contribution < 1.29 is 22.8 Å². The first kappa shape index (κ1) is 160. The van der Waals surface area contributed by atoms with Crippen LogP contribution in [0.5, 0.6) is 0 Å². The number of benzene rings is 2.